The molecule has 2 rings (SSSR count). The Morgan fingerprint density at radius 1 is 1.41 bits per heavy atom. The van der Waals surface area contributed by atoms with E-state index in [0.29, 0.717) is 13.0 Å². The molecule has 0 radical (unpaired) electrons. The Labute approximate surface area is 102 Å². The second kappa shape index (κ2) is 5.17. The van der Waals surface area contributed by atoms with Gasteiger partial charge in [0, 0.05) is 24.0 Å². The lowest BCUT2D eigenvalue weighted by molar-refractivity contribution is 0.0971. The summed E-state index contributed by atoms with van der Waals surface area (Å²) >= 11 is 0. The minimum absolute atomic E-state index is 0.247. The number of ether oxygens (including phenoxy) is 1. The van der Waals surface area contributed by atoms with E-state index >= 15 is 0 Å². The van der Waals surface area contributed by atoms with Crippen LogP contribution in [0.1, 0.15) is 42.1 Å². The number of rotatable bonds is 4. The third kappa shape index (κ3) is 2.76. The summed E-state index contributed by atoms with van der Waals surface area (Å²) < 4.78 is 5.75. The Morgan fingerprint density at radius 3 is 3.00 bits per heavy atom. The van der Waals surface area contributed by atoms with Gasteiger partial charge in [0.15, 0.2) is 5.78 Å². The van der Waals surface area contributed by atoms with E-state index < -0.39 is 0 Å². The van der Waals surface area contributed by atoms with E-state index in [4.69, 9.17) is 4.74 Å². The summed E-state index contributed by atoms with van der Waals surface area (Å²) in [5, 5.41) is 0. The number of benzene rings is 1. The molecule has 1 aliphatic rings. The predicted octanol–water partition coefficient (Wildman–Crippen LogP) is 3.55. The Hall–Kier alpha value is -1.57. The fourth-order valence-corrected chi connectivity index (χ4v) is 2.12. The van der Waals surface area contributed by atoms with Crippen molar-refractivity contribution in [2.45, 2.75) is 32.6 Å². The zero-order valence-corrected chi connectivity index (χ0v) is 10.3. The van der Waals surface area contributed by atoms with Crippen molar-refractivity contribution in [2.24, 2.45) is 0 Å². The predicted molar refractivity (Wildman–Crippen MR) is 68.6 cm³/mol. The van der Waals surface area contributed by atoms with Gasteiger partial charge in [0.1, 0.15) is 5.75 Å². The van der Waals surface area contributed by atoms with E-state index in [-0.39, 0.29) is 5.78 Å². The molecule has 0 spiro atoms. The number of carbonyl (C=O) groups is 1. The highest BCUT2D eigenvalue weighted by atomic mass is 16.5. The maximum absolute atomic E-state index is 11.8. The van der Waals surface area contributed by atoms with Gasteiger partial charge in [0.05, 0.1) is 6.61 Å². The average Bonchev–Trinajstić information content (AvgIpc) is 2.30. The second-order valence-electron chi connectivity index (χ2n) is 4.61. The molecule has 1 aromatic carbocycles. The van der Waals surface area contributed by atoms with Gasteiger partial charge < -0.3 is 4.74 Å². The van der Waals surface area contributed by atoms with Gasteiger partial charge in [-0.15, -0.1) is 6.58 Å². The number of fused-ring (bicyclic) bond motifs is 1. The highest BCUT2D eigenvalue weighted by molar-refractivity contribution is 5.99. The maximum Gasteiger partial charge on any atom is 0.163 e. The van der Waals surface area contributed by atoms with Crippen molar-refractivity contribution in [1.82, 2.24) is 0 Å². The SMILES string of the molecule is C=C(C)CCOc1cccc2c1CCCC2=O. The van der Waals surface area contributed by atoms with Crippen molar-refractivity contribution in [3.05, 3.63) is 41.5 Å². The summed E-state index contributed by atoms with van der Waals surface area (Å²) in [6, 6.07) is 5.76. The topological polar surface area (TPSA) is 26.3 Å². The quantitative estimate of drug-likeness (QED) is 0.739. The third-order valence-electron chi connectivity index (χ3n) is 3.05. The number of hydrogen-bond donors (Lipinski definition) is 0. The molecule has 1 aromatic rings. The summed E-state index contributed by atoms with van der Waals surface area (Å²) in [6.45, 7) is 6.48. The smallest absolute Gasteiger partial charge is 0.163 e. The molecule has 2 nitrogen and oxygen atoms in total. The molecule has 90 valence electrons. The molecular formula is C15H18O2. The van der Waals surface area contributed by atoms with E-state index in [0.717, 1.165) is 41.7 Å². The summed E-state index contributed by atoms with van der Waals surface area (Å²) in [7, 11) is 0. The molecule has 17 heavy (non-hydrogen) atoms. The van der Waals surface area contributed by atoms with Gasteiger partial charge in [-0.25, -0.2) is 0 Å². The Bertz CT molecular complexity index is 446. The van der Waals surface area contributed by atoms with Crippen LogP contribution < -0.4 is 4.74 Å². The molecule has 2 heteroatoms. The molecular weight excluding hydrogens is 212 g/mol. The van der Waals surface area contributed by atoms with Gasteiger partial charge >= 0.3 is 0 Å². The molecule has 0 fully saturated rings. The van der Waals surface area contributed by atoms with Gasteiger partial charge in [0.25, 0.3) is 0 Å². The first-order valence-corrected chi connectivity index (χ1v) is 6.11. The van der Waals surface area contributed by atoms with Crippen molar-refractivity contribution in [2.75, 3.05) is 6.61 Å². The average molecular weight is 230 g/mol. The van der Waals surface area contributed by atoms with E-state index in [1.54, 1.807) is 0 Å². The number of Topliss-reactive ketones (excluding diaryl/α,β-unsaturated/α-hetero) is 1. The fraction of sp³-hybridized carbons (Fsp3) is 0.400. The number of hydrogen-bond acceptors (Lipinski definition) is 2. The van der Waals surface area contributed by atoms with E-state index in [1.165, 1.54) is 0 Å². The maximum atomic E-state index is 11.8. The summed E-state index contributed by atoms with van der Waals surface area (Å²) in [6.07, 6.45) is 3.41. The van der Waals surface area contributed by atoms with Crippen LogP contribution in [0.3, 0.4) is 0 Å². The largest absolute Gasteiger partial charge is 0.493 e. The summed E-state index contributed by atoms with van der Waals surface area (Å²) in [5.41, 5.74) is 3.06. The Kier molecular flexibility index (Phi) is 3.62. The monoisotopic (exact) mass is 230 g/mol. The first-order valence-electron chi connectivity index (χ1n) is 6.11. The van der Waals surface area contributed by atoms with Crippen molar-refractivity contribution in [3.63, 3.8) is 0 Å². The van der Waals surface area contributed by atoms with Crippen LogP contribution in [-0.2, 0) is 6.42 Å². The van der Waals surface area contributed by atoms with Crippen molar-refractivity contribution >= 4 is 5.78 Å². The molecule has 0 saturated heterocycles. The highest BCUT2D eigenvalue weighted by Crippen LogP contribution is 2.29. The van der Waals surface area contributed by atoms with Crippen LogP contribution in [-0.4, -0.2) is 12.4 Å². The van der Waals surface area contributed by atoms with Gasteiger partial charge in [-0.2, -0.15) is 0 Å². The third-order valence-corrected chi connectivity index (χ3v) is 3.05. The van der Waals surface area contributed by atoms with Crippen molar-refractivity contribution in [3.8, 4) is 5.75 Å². The molecule has 0 saturated carbocycles. The van der Waals surface area contributed by atoms with Crippen LogP contribution in [0.25, 0.3) is 0 Å². The summed E-state index contributed by atoms with van der Waals surface area (Å²) in [4.78, 5) is 11.8. The highest BCUT2D eigenvalue weighted by Gasteiger charge is 2.19. The second-order valence-corrected chi connectivity index (χ2v) is 4.61. The van der Waals surface area contributed by atoms with Gasteiger partial charge in [-0.3, -0.25) is 4.79 Å². The van der Waals surface area contributed by atoms with Crippen LogP contribution in [0.15, 0.2) is 30.4 Å². The molecule has 1 aliphatic carbocycles. The molecule has 0 aromatic heterocycles. The molecule has 0 unspecified atom stereocenters. The zero-order valence-electron chi connectivity index (χ0n) is 10.3. The van der Waals surface area contributed by atoms with Crippen molar-refractivity contribution < 1.29 is 9.53 Å². The van der Waals surface area contributed by atoms with Crippen LogP contribution in [0, 0.1) is 0 Å². The molecule has 0 aliphatic heterocycles. The normalized spacial score (nSPS) is 14.3. The van der Waals surface area contributed by atoms with E-state index in [2.05, 4.69) is 6.58 Å². The standard InChI is InChI=1S/C15H18O2/c1-11(2)9-10-17-15-8-4-5-12-13(15)6-3-7-14(12)16/h4-5,8H,1,3,6-7,9-10H2,2H3. The first kappa shape index (κ1) is 11.9. The van der Waals surface area contributed by atoms with E-state index in [9.17, 15) is 4.79 Å². The van der Waals surface area contributed by atoms with Crippen LogP contribution in [0.5, 0.6) is 5.75 Å². The Balaban J connectivity index is 2.15. The lowest BCUT2D eigenvalue weighted by Gasteiger charge is -2.18. The minimum Gasteiger partial charge on any atom is -0.493 e. The molecule has 0 bridgehead atoms. The lowest BCUT2D eigenvalue weighted by Crippen LogP contribution is -2.12. The van der Waals surface area contributed by atoms with Crippen molar-refractivity contribution in [1.29, 1.82) is 0 Å². The molecule has 0 heterocycles. The Morgan fingerprint density at radius 2 is 2.24 bits per heavy atom. The zero-order chi connectivity index (χ0) is 12.3. The lowest BCUT2D eigenvalue weighted by atomic mass is 9.90. The van der Waals surface area contributed by atoms with Gasteiger partial charge in [0.2, 0.25) is 0 Å². The van der Waals surface area contributed by atoms with Gasteiger partial charge in [-0.05, 0) is 25.8 Å². The number of ketones is 1. The fourth-order valence-electron chi connectivity index (χ4n) is 2.12. The van der Waals surface area contributed by atoms with Crippen LogP contribution >= 0.6 is 0 Å². The van der Waals surface area contributed by atoms with Crippen LogP contribution in [0.4, 0.5) is 0 Å². The van der Waals surface area contributed by atoms with E-state index in [1.807, 2.05) is 25.1 Å². The first-order chi connectivity index (χ1) is 8.18. The molecule has 0 amide bonds. The van der Waals surface area contributed by atoms with Gasteiger partial charge in [-0.1, -0.05) is 17.7 Å². The minimum atomic E-state index is 0.247. The number of carbonyl (C=O) groups excluding carboxylic acids is 1. The summed E-state index contributed by atoms with van der Waals surface area (Å²) in [5.74, 6) is 1.12. The molecule has 0 atom stereocenters. The van der Waals surface area contributed by atoms with Crippen LogP contribution in [0.2, 0.25) is 0 Å². The molecule has 0 N–H and O–H groups in total.